The molecule has 0 unspecified atom stereocenters. The van der Waals surface area contributed by atoms with Crippen LogP contribution in [0.1, 0.15) is 45.1 Å². The number of ketones is 1. The lowest BCUT2D eigenvalue weighted by molar-refractivity contribution is -0.124. The van der Waals surface area contributed by atoms with Crippen LogP contribution in [0.3, 0.4) is 0 Å². The summed E-state index contributed by atoms with van der Waals surface area (Å²) in [5, 5.41) is 2.92. The fourth-order valence-corrected chi connectivity index (χ4v) is 4.86. The quantitative estimate of drug-likeness (QED) is 0.711. The van der Waals surface area contributed by atoms with Crippen molar-refractivity contribution in [2.75, 3.05) is 12.4 Å². The Morgan fingerprint density at radius 2 is 1.78 bits per heavy atom. The highest BCUT2D eigenvalue weighted by Crippen LogP contribution is 2.47. The third-order valence-corrected chi connectivity index (χ3v) is 6.19. The van der Waals surface area contributed by atoms with E-state index in [4.69, 9.17) is 9.73 Å². The van der Waals surface area contributed by atoms with E-state index in [0.29, 0.717) is 35.5 Å². The van der Waals surface area contributed by atoms with Crippen LogP contribution in [0.2, 0.25) is 0 Å². The van der Waals surface area contributed by atoms with Crippen LogP contribution in [-0.4, -0.2) is 24.5 Å². The molecule has 0 spiro atoms. The summed E-state index contributed by atoms with van der Waals surface area (Å²) in [6.45, 7) is 5.90. The fourth-order valence-electron chi connectivity index (χ4n) is 4.86. The third-order valence-electron chi connectivity index (χ3n) is 6.19. The lowest BCUT2D eigenvalue weighted by atomic mass is 9.63. The van der Waals surface area contributed by atoms with Crippen molar-refractivity contribution in [3.8, 4) is 5.75 Å². The van der Waals surface area contributed by atoms with E-state index in [0.717, 1.165) is 11.3 Å². The number of methoxy groups -OCH3 is 1. The van der Waals surface area contributed by atoms with Gasteiger partial charge in [0.1, 0.15) is 17.3 Å². The molecule has 1 saturated carbocycles. The molecule has 2 atom stereocenters. The van der Waals surface area contributed by atoms with Gasteiger partial charge in [0, 0.05) is 29.3 Å². The minimum atomic E-state index is -0.532. The Morgan fingerprint density at radius 1 is 1.09 bits per heavy atom. The zero-order valence-electron chi connectivity index (χ0n) is 18.7. The van der Waals surface area contributed by atoms with Crippen molar-refractivity contribution < 1.29 is 18.7 Å². The minimum absolute atomic E-state index is 0.0596. The number of carbonyl (C=O) groups is 2. The Kier molecular flexibility index (Phi) is 5.71. The monoisotopic (exact) mass is 434 g/mol. The number of hydrogen-bond acceptors (Lipinski definition) is 4. The van der Waals surface area contributed by atoms with Crippen LogP contribution in [0.5, 0.6) is 5.75 Å². The van der Waals surface area contributed by atoms with Crippen molar-refractivity contribution in [3.05, 3.63) is 71.2 Å². The number of allylic oxidation sites excluding steroid dienone is 1. The lowest BCUT2D eigenvalue weighted by Crippen LogP contribution is -2.44. The number of nitrogens with zero attached hydrogens (tertiary/aromatic N) is 1. The predicted octanol–water partition coefficient (Wildman–Crippen LogP) is 5.29. The molecule has 32 heavy (non-hydrogen) atoms. The second-order valence-corrected chi connectivity index (χ2v) is 9.25. The normalized spacial score (nSPS) is 22.2. The molecule has 2 aromatic rings. The first-order valence-electron chi connectivity index (χ1n) is 10.7. The van der Waals surface area contributed by atoms with Crippen LogP contribution >= 0.6 is 0 Å². The standard InChI is InChI=1S/C26H27FN2O3/c1-15-22(25(31)29-18-7-5-6-8-21(18)32-4)23(16-9-11-17(27)12-10-16)24-19(28-15)13-26(2,3)14-20(24)30/h5-12,23-24H,13-14H2,1-4H3,(H,29,31)/t23-,24-/m0/s1. The van der Waals surface area contributed by atoms with E-state index in [2.05, 4.69) is 19.2 Å². The summed E-state index contributed by atoms with van der Waals surface area (Å²) < 4.78 is 19.0. The second kappa shape index (κ2) is 8.34. The fraction of sp³-hybridized carbons (Fsp3) is 0.346. The molecule has 5 nitrogen and oxygen atoms in total. The van der Waals surface area contributed by atoms with Crippen LogP contribution in [0.15, 0.2) is 64.8 Å². The summed E-state index contributed by atoms with van der Waals surface area (Å²) in [5.74, 6) is -1.17. The molecule has 1 aliphatic carbocycles. The van der Waals surface area contributed by atoms with E-state index < -0.39 is 11.8 Å². The van der Waals surface area contributed by atoms with Gasteiger partial charge in [0.05, 0.1) is 18.7 Å². The highest BCUT2D eigenvalue weighted by Gasteiger charge is 2.47. The average Bonchev–Trinajstić information content (AvgIpc) is 2.72. The van der Waals surface area contributed by atoms with E-state index in [1.165, 1.54) is 19.2 Å². The Morgan fingerprint density at radius 3 is 2.47 bits per heavy atom. The van der Waals surface area contributed by atoms with Gasteiger partial charge in [-0.25, -0.2) is 4.39 Å². The summed E-state index contributed by atoms with van der Waals surface area (Å²) in [4.78, 5) is 31.6. The van der Waals surface area contributed by atoms with Gasteiger partial charge in [-0.15, -0.1) is 0 Å². The molecule has 1 aliphatic heterocycles. The van der Waals surface area contributed by atoms with Crippen LogP contribution in [-0.2, 0) is 9.59 Å². The number of carbonyl (C=O) groups excluding carboxylic acids is 2. The average molecular weight is 435 g/mol. The van der Waals surface area contributed by atoms with Crippen LogP contribution in [0, 0.1) is 17.2 Å². The van der Waals surface area contributed by atoms with E-state index in [-0.39, 0.29) is 22.9 Å². The summed E-state index contributed by atoms with van der Waals surface area (Å²) >= 11 is 0. The number of halogens is 1. The number of rotatable bonds is 4. The molecule has 0 bridgehead atoms. The van der Waals surface area contributed by atoms with Crippen LogP contribution in [0.25, 0.3) is 0 Å². The maximum atomic E-state index is 13.7. The smallest absolute Gasteiger partial charge is 0.254 e. The molecule has 1 heterocycles. The first kappa shape index (κ1) is 21.9. The first-order chi connectivity index (χ1) is 15.2. The molecule has 4 rings (SSSR count). The summed E-state index contributed by atoms with van der Waals surface area (Å²) in [6, 6.07) is 13.2. The van der Waals surface area contributed by atoms with Gasteiger partial charge in [-0.3, -0.25) is 14.6 Å². The molecule has 0 saturated heterocycles. The van der Waals surface area contributed by atoms with Crippen molar-refractivity contribution in [1.29, 1.82) is 0 Å². The van der Waals surface area contributed by atoms with E-state index in [1.807, 2.05) is 6.07 Å². The van der Waals surface area contributed by atoms with Gasteiger partial charge in [0.25, 0.3) is 5.91 Å². The Bertz CT molecular complexity index is 1130. The van der Waals surface area contributed by atoms with Gasteiger partial charge in [0.2, 0.25) is 0 Å². The second-order valence-electron chi connectivity index (χ2n) is 9.25. The Labute approximate surface area is 187 Å². The van der Waals surface area contributed by atoms with Crippen molar-refractivity contribution >= 4 is 23.1 Å². The van der Waals surface area contributed by atoms with Crippen LogP contribution in [0.4, 0.5) is 10.1 Å². The van der Waals surface area contributed by atoms with Gasteiger partial charge >= 0.3 is 0 Å². The largest absolute Gasteiger partial charge is 0.495 e. The number of Topliss-reactive ketones (excluding diaryl/α,β-unsaturated/α-hetero) is 1. The predicted molar refractivity (Wildman–Crippen MR) is 122 cm³/mol. The SMILES string of the molecule is COc1ccccc1NC(=O)C1=C(C)N=C2CC(C)(C)CC(=O)[C@H]2[C@H]1c1ccc(F)cc1. The maximum Gasteiger partial charge on any atom is 0.254 e. The lowest BCUT2D eigenvalue weighted by Gasteiger charge is -2.41. The third kappa shape index (κ3) is 4.09. The molecule has 1 fully saturated rings. The van der Waals surface area contributed by atoms with E-state index in [9.17, 15) is 14.0 Å². The number of aliphatic imine (C=N–C) groups is 1. The number of para-hydroxylation sites is 2. The summed E-state index contributed by atoms with van der Waals surface area (Å²) in [5.41, 5.74) is 2.86. The number of anilines is 1. The van der Waals surface area contributed by atoms with Crippen molar-refractivity contribution in [1.82, 2.24) is 0 Å². The van der Waals surface area contributed by atoms with Crippen molar-refractivity contribution in [3.63, 3.8) is 0 Å². The van der Waals surface area contributed by atoms with E-state index in [1.54, 1.807) is 37.3 Å². The minimum Gasteiger partial charge on any atom is -0.495 e. The first-order valence-corrected chi connectivity index (χ1v) is 10.7. The molecule has 2 aromatic carbocycles. The highest BCUT2D eigenvalue weighted by molar-refractivity contribution is 6.14. The number of ether oxygens (including phenoxy) is 1. The van der Waals surface area contributed by atoms with E-state index >= 15 is 0 Å². The highest BCUT2D eigenvalue weighted by atomic mass is 19.1. The molecule has 1 amide bonds. The van der Waals surface area contributed by atoms with Gasteiger partial charge in [-0.05, 0) is 48.6 Å². The van der Waals surface area contributed by atoms with Gasteiger partial charge in [-0.2, -0.15) is 0 Å². The molecular weight excluding hydrogens is 407 g/mol. The Hall–Kier alpha value is -3.28. The van der Waals surface area contributed by atoms with Gasteiger partial charge < -0.3 is 10.1 Å². The molecule has 0 radical (unpaired) electrons. The zero-order valence-corrected chi connectivity index (χ0v) is 18.7. The van der Waals surface area contributed by atoms with Crippen molar-refractivity contribution in [2.24, 2.45) is 16.3 Å². The van der Waals surface area contributed by atoms with Gasteiger partial charge in [0.15, 0.2) is 0 Å². The molecule has 6 heteroatoms. The van der Waals surface area contributed by atoms with Crippen molar-refractivity contribution in [2.45, 2.75) is 39.5 Å². The number of amides is 1. The topological polar surface area (TPSA) is 67.8 Å². The molecule has 1 N–H and O–H groups in total. The molecule has 166 valence electrons. The molecule has 2 aliphatic rings. The Balaban J connectivity index is 1.81. The number of fused-ring (bicyclic) bond motifs is 1. The maximum absolute atomic E-state index is 13.7. The number of nitrogens with one attached hydrogen (secondary N) is 1. The molecule has 0 aromatic heterocycles. The van der Waals surface area contributed by atoms with Crippen LogP contribution < -0.4 is 10.1 Å². The van der Waals surface area contributed by atoms with Gasteiger partial charge in [-0.1, -0.05) is 38.1 Å². The summed E-state index contributed by atoms with van der Waals surface area (Å²) in [7, 11) is 1.54. The number of hydrogen-bond donors (Lipinski definition) is 1. The number of benzene rings is 2. The zero-order chi connectivity index (χ0) is 23.0. The molecular formula is C26H27FN2O3. The summed E-state index contributed by atoms with van der Waals surface area (Å²) in [6.07, 6.45) is 1.09.